The molecule has 2 amide bonds. The second kappa shape index (κ2) is 10.2. The molecule has 35 heavy (non-hydrogen) atoms. The highest BCUT2D eigenvalue weighted by Gasteiger charge is 2.23. The van der Waals surface area contributed by atoms with E-state index in [1.807, 2.05) is 6.07 Å². The molecule has 1 atom stereocenters. The Balaban J connectivity index is 1.80. The zero-order chi connectivity index (χ0) is 24.9. The third kappa shape index (κ3) is 4.91. The third-order valence-electron chi connectivity index (χ3n) is 5.70. The van der Waals surface area contributed by atoms with Gasteiger partial charge in [-0.2, -0.15) is 0 Å². The number of benzene rings is 3. The smallest absolute Gasteiger partial charge is 0.278 e. The van der Waals surface area contributed by atoms with E-state index < -0.39 is 11.6 Å². The van der Waals surface area contributed by atoms with Crippen molar-refractivity contribution in [3.05, 3.63) is 83.2 Å². The minimum absolute atomic E-state index is 0.153. The summed E-state index contributed by atoms with van der Waals surface area (Å²) in [5, 5.41) is 5.69. The van der Waals surface area contributed by atoms with Gasteiger partial charge in [0.25, 0.3) is 5.56 Å². The van der Waals surface area contributed by atoms with E-state index in [-0.39, 0.29) is 17.5 Å². The van der Waals surface area contributed by atoms with Crippen LogP contribution in [0.1, 0.15) is 26.3 Å². The van der Waals surface area contributed by atoms with E-state index in [0.29, 0.717) is 40.1 Å². The Labute approximate surface area is 202 Å². The number of carbonyl (C=O) groups excluding carboxylic acids is 2. The zero-order valence-electron chi connectivity index (χ0n) is 19.7. The van der Waals surface area contributed by atoms with Crippen LogP contribution in [0.4, 0.5) is 11.4 Å². The third-order valence-corrected chi connectivity index (χ3v) is 5.70. The number of nitrogens with zero attached hydrogens (tertiary/aromatic N) is 2. The van der Waals surface area contributed by atoms with E-state index in [1.165, 1.54) is 4.57 Å². The Hall–Kier alpha value is -4.46. The largest absolute Gasteiger partial charge is 0.497 e. The van der Waals surface area contributed by atoms with Gasteiger partial charge in [-0.3, -0.25) is 19.0 Å². The van der Waals surface area contributed by atoms with Crippen LogP contribution in [0.5, 0.6) is 5.75 Å². The summed E-state index contributed by atoms with van der Waals surface area (Å²) in [6, 6.07) is 20.3. The van der Waals surface area contributed by atoms with Crippen molar-refractivity contribution in [3.8, 4) is 17.0 Å². The van der Waals surface area contributed by atoms with Gasteiger partial charge in [-0.1, -0.05) is 37.3 Å². The molecule has 0 saturated carbocycles. The quantitative estimate of drug-likeness (QED) is 0.410. The van der Waals surface area contributed by atoms with Crippen molar-refractivity contribution in [2.24, 2.45) is 0 Å². The van der Waals surface area contributed by atoms with Gasteiger partial charge in [-0.05, 0) is 49.4 Å². The van der Waals surface area contributed by atoms with Crippen molar-refractivity contribution in [2.75, 3.05) is 17.7 Å². The van der Waals surface area contributed by atoms with Crippen molar-refractivity contribution in [3.63, 3.8) is 0 Å². The molecule has 0 spiro atoms. The normalized spacial score (nSPS) is 11.6. The molecule has 4 rings (SSSR count). The van der Waals surface area contributed by atoms with Gasteiger partial charge in [0.1, 0.15) is 17.5 Å². The number of rotatable bonds is 7. The highest BCUT2D eigenvalue weighted by atomic mass is 16.5. The molecule has 0 saturated heterocycles. The van der Waals surface area contributed by atoms with Crippen molar-refractivity contribution in [1.82, 2.24) is 9.55 Å². The number of nitrogens with one attached hydrogen (secondary N) is 2. The number of hydrogen-bond acceptors (Lipinski definition) is 5. The highest BCUT2D eigenvalue weighted by Crippen LogP contribution is 2.27. The monoisotopic (exact) mass is 470 g/mol. The lowest BCUT2D eigenvalue weighted by Gasteiger charge is -2.19. The SMILES string of the molecule is CCC(=O)Nc1ccccc1-c1nc2ccccc2n([C@H](C)C(=O)Nc2ccc(OC)cc2)c1=O. The van der Waals surface area contributed by atoms with E-state index in [4.69, 9.17) is 4.74 Å². The molecule has 8 heteroatoms. The molecule has 178 valence electrons. The lowest BCUT2D eigenvalue weighted by molar-refractivity contribution is -0.119. The van der Waals surface area contributed by atoms with Gasteiger partial charge in [-0.15, -0.1) is 0 Å². The standard InChI is InChI=1S/C27H26N4O4/c1-4-24(32)29-21-10-6-5-9-20(21)25-27(34)31(23-12-8-7-11-22(23)30-25)17(2)26(33)28-18-13-15-19(35-3)16-14-18/h5-17H,4H2,1-3H3,(H,28,33)(H,29,32)/t17-/m1/s1. The minimum atomic E-state index is -0.839. The van der Waals surface area contributed by atoms with E-state index in [0.717, 1.165) is 0 Å². The van der Waals surface area contributed by atoms with Crippen LogP contribution in [0.2, 0.25) is 0 Å². The first-order valence-electron chi connectivity index (χ1n) is 11.3. The number of anilines is 2. The van der Waals surface area contributed by atoms with Crippen LogP contribution in [0.3, 0.4) is 0 Å². The summed E-state index contributed by atoms with van der Waals surface area (Å²) in [5.74, 6) is 0.142. The fourth-order valence-corrected chi connectivity index (χ4v) is 3.79. The number of amides is 2. The molecule has 2 N–H and O–H groups in total. The highest BCUT2D eigenvalue weighted by molar-refractivity contribution is 5.96. The number of methoxy groups -OCH3 is 1. The summed E-state index contributed by atoms with van der Waals surface area (Å²) in [7, 11) is 1.57. The molecular formula is C27H26N4O4. The second-order valence-electron chi connectivity index (χ2n) is 7.97. The topological polar surface area (TPSA) is 102 Å². The van der Waals surface area contributed by atoms with Crippen LogP contribution in [0, 0.1) is 0 Å². The fraction of sp³-hybridized carbons (Fsp3) is 0.185. The first kappa shape index (κ1) is 23.7. The summed E-state index contributed by atoms with van der Waals surface area (Å²) in [6.07, 6.45) is 0.298. The van der Waals surface area contributed by atoms with Gasteiger partial charge in [0, 0.05) is 17.7 Å². The second-order valence-corrected chi connectivity index (χ2v) is 7.97. The van der Waals surface area contributed by atoms with E-state index in [9.17, 15) is 14.4 Å². The summed E-state index contributed by atoms with van der Waals surface area (Å²) >= 11 is 0. The number of aromatic nitrogens is 2. The number of carbonyl (C=O) groups is 2. The zero-order valence-corrected chi connectivity index (χ0v) is 19.7. The predicted molar refractivity (Wildman–Crippen MR) is 137 cm³/mol. The maximum Gasteiger partial charge on any atom is 0.278 e. The molecule has 0 aliphatic heterocycles. The summed E-state index contributed by atoms with van der Waals surface area (Å²) < 4.78 is 6.60. The predicted octanol–water partition coefficient (Wildman–Crippen LogP) is 4.62. The Kier molecular flexibility index (Phi) is 6.91. The Bertz CT molecular complexity index is 1440. The molecule has 4 aromatic rings. The Morgan fingerprint density at radius 3 is 2.37 bits per heavy atom. The first-order chi connectivity index (χ1) is 16.9. The van der Waals surface area contributed by atoms with Gasteiger partial charge in [0.05, 0.1) is 23.8 Å². The molecule has 0 unspecified atom stereocenters. The molecule has 0 radical (unpaired) electrons. The van der Waals surface area contributed by atoms with Gasteiger partial charge < -0.3 is 15.4 Å². The average Bonchev–Trinajstić information content (AvgIpc) is 2.88. The summed E-state index contributed by atoms with van der Waals surface area (Å²) in [5.41, 5.74) is 2.38. The van der Waals surface area contributed by atoms with Gasteiger partial charge in [-0.25, -0.2) is 4.98 Å². The molecule has 0 fully saturated rings. The van der Waals surface area contributed by atoms with Crippen molar-refractivity contribution >= 4 is 34.2 Å². The van der Waals surface area contributed by atoms with Crippen LogP contribution in [-0.4, -0.2) is 28.5 Å². The van der Waals surface area contributed by atoms with Crippen molar-refractivity contribution in [1.29, 1.82) is 0 Å². The lowest BCUT2D eigenvalue weighted by Crippen LogP contribution is -2.33. The maximum atomic E-state index is 13.8. The first-order valence-corrected chi connectivity index (χ1v) is 11.3. The molecule has 8 nitrogen and oxygen atoms in total. The number of fused-ring (bicyclic) bond motifs is 1. The fourth-order valence-electron chi connectivity index (χ4n) is 3.79. The van der Waals surface area contributed by atoms with Gasteiger partial charge in [0.15, 0.2) is 0 Å². The molecule has 0 aliphatic rings. The molecule has 0 aliphatic carbocycles. The lowest BCUT2D eigenvalue weighted by atomic mass is 10.1. The summed E-state index contributed by atoms with van der Waals surface area (Å²) in [4.78, 5) is 43.6. The van der Waals surface area contributed by atoms with Crippen LogP contribution >= 0.6 is 0 Å². The van der Waals surface area contributed by atoms with Crippen LogP contribution in [0.15, 0.2) is 77.6 Å². The molecule has 0 bridgehead atoms. The van der Waals surface area contributed by atoms with Crippen LogP contribution in [-0.2, 0) is 9.59 Å². The summed E-state index contributed by atoms with van der Waals surface area (Å²) in [6.45, 7) is 3.42. The van der Waals surface area contributed by atoms with Gasteiger partial charge in [0.2, 0.25) is 11.8 Å². The van der Waals surface area contributed by atoms with Crippen molar-refractivity contribution < 1.29 is 14.3 Å². The molecule has 3 aromatic carbocycles. The van der Waals surface area contributed by atoms with Gasteiger partial charge >= 0.3 is 0 Å². The van der Waals surface area contributed by atoms with Crippen molar-refractivity contribution in [2.45, 2.75) is 26.3 Å². The Morgan fingerprint density at radius 1 is 0.971 bits per heavy atom. The minimum Gasteiger partial charge on any atom is -0.497 e. The Morgan fingerprint density at radius 2 is 1.66 bits per heavy atom. The van der Waals surface area contributed by atoms with E-state index in [1.54, 1.807) is 87.7 Å². The van der Waals surface area contributed by atoms with Crippen LogP contribution in [0.25, 0.3) is 22.3 Å². The molecule has 1 aromatic heterocycles. The maximum absolute atomic E-state index is 13.8. The number of hydrogen-bond donors (Lipinski definition) is 2. The van der Waals surface area contributed by atoms with Crippen LogP contribution < -0.4 is 20.9 Å². The average molecular weight is 471 g/mol. The number of para-hydroxylation sites is 3. The number of ether oxygens (including phenoxy) is 1. The van der Waals surface area contributed by atoms with E-state index >= 15 is 0 Å². The van der Waals surface area contributed by atoms with E-state index in [2.05, 4.69) is 15.6 Å². The molecular weight excluding hydrogens is 444 g/mol. The molecule has 1 heterocycles.